The van der Waals surface area contributed by atoms with Crippen molar-refractivity contribution in [2.24, 2.45) is 0 Å². The van der Waals surface area contributed by atoms with Crippen molar-refractivity contribution in [1.29, 1.82) is 0 Å². The fraction of sp³-hybridized carbons (Fsp3) is 0. The van der Waals surface area contributed by atoms with E-state index in [0.29, 0.717) is 10.8 Å². The molecule has 0 fully saturated rings. The van der Waals surface area contributed by atoms with Crippen LogP contribution in [0.4, 0.5) is 5.69 Å². The van der Waals surface area contributed by atoms with Gasteiger partial charge in [-0.2, -0.15) is 5.10 Å². The number of nitrogens with zero attached hydrogens (tertiary/aromatic N) is 2. The van der Waals surface area contributed by atoms with Crippen LogP contribution in [0, 0.1) is 0 Å². The van der Waals surface area contributed by atoms with E-state index < -0.39 is 0 Å². The molecule has 0 saturated heterocycles. The summed E-state index contributed by atoms with van der Waals surface area (Å²) in [7, 11) is 0. The molecule has 3 N–H and O–H groups in total. The lowest BCUT2D eigenvalue weighted by Gasteiger charge is -1.97. The van der Waals surface area contributed by atoms with Gasteiger partial charge in [-0.05, 0) is 12.1 Å². The van der Waals surface area contributed by atoms with Gasteiger partial charge in [0.15, 0.2) is 0 Å². The quantitative estimate of drug-likeness (QED) is 0.679. The molecule has 0 amide bonds. The zero-order valence-electron chi connectivity index (χ0n) is 6.66. The van der Waals surface area contributed by atoms with Gasteiger partial charge in [-0.15, -0.1) is 0 Å². The van der Waals surface area contributed by atoms with Crippen LogP contribution in [0.1, 0.15) is 0 Å². The van der Waals surface area contributed by atoms with Crippen LogP contribution < -0.4 is 5.73 Å². The lowest BCUT2D eigenvalue weighted by atomic mass is 10.2. The maximum Gasteiger partial charge on any atom is 0.129 e. The number of aromatic amines is 1. The lowest BCUT2D eigenvalue weighted by molar-refractivity contribution is 1.09. The first kappa shape index (κ1) is 8.07. The van der Waals surface area contributed by atoms with Gasteiger partial charge in [0.1, 0.15) is 5.15 Å². The number of H-pyrrole nitrogens is 1. The first-order valence-corrected chi connectivity index (χ1v) is 4.06. The van der Waals surface area contributed by atoms with E-state index in [0.717, 1.165) is 11.3 Å². The third-order valence-corrected chi connectivity index (χ3v) is 1.91. The van der Waals surface area contributed by atoms with Crippen molar-refractivity contribution >= 4 is 17.3 Å². The molecule has 0 aliphatic heterocycles. The summed E-state index contributed by atoms with van der Waals surface area (Å²) in [6, 6.07) is 3.54. The summed E-state index contributed by atoms with van der Waals surface area (Å²) in [5.74, 6) is 0. The number of hydrogen-bond donors (Lipinski definition) is 2. The topological polar surface area (TPSA) is 67.6 Å². The third kappa shape index (κ3) is 1.48. The molecular weight excluding hydrogens is 188 g/mol. The van der Waals surface area contributed by atoms with Crippen molar-refractivity contribution in [3.05, 3.63) is 29.7 Å². The number of hydrogen-bond acceptors (Lipinski definition) is 3. The fourth-order valence-electron chi connectivity index (χ4n) is 1.05. The molecule has 2 heterocycles. The monoisotopic (exact) mass is 194 g/mol. The highest BCUT2D eigenvalue weighted by Gasteiger charge is 2.03. The first-order chi connectivity index (χ1) is 6.27. The van der Waals surface area contributed by atoms with Gasteiger partial charge in [-0.1, -0.05) is 11.6 Å². The summed E-state index contributed by atoms with van der Waals surface area (Å²) >= 11 is 5.64. The van der Waals surface area contributed by atoms with Gasteiger partial charge in [-0.25, -0.2) is 4.98 Å². The normalized spacial score (nSPS) is 10.2. The van der Waals surface area contributed by atoms with Gasteiger partial charge in [0, 0.05) is 11.8 Å². The number of nitrogens with two attached hydrogens (primary N) is 1. The van der Waals surface area contributed by atoms with Gasteiger partial charge >= 0.3 is 0 Å². The van der Waals surface area contributed by atoms with Crippen LogP contribution in [0.3, 0.4) is 0 Å². The largest absolute Gasteiger partial charge is 0.396 e. The minimum Gasteiger partial charge on any atom is -0.396 e. The Morgan fingerprint density at radius 2 is 2.15 bits per heavy atom. The minimum atomic E-state index is 0.460. The van der Waals surface area contributed by atoms with Crippen LogP contribution >= 0.6 is 11.6 Å². The lowest BCUT2D eigenvalue weighted by Crippen LogP contribution is -1.87. The second kappa shape index (κ2) is 3.06. The summed E-state index contributed by atoms with van der Waals surface area (Å²) in [5, 5.41) is 7.05. The summed E-state index contributed by atoms with van der Waals surface area (Å²) < 4.78 is 0. The third-order valence-electron chi connectivity index (χ3n) is 1.68. The summed E-state index contributed by atoms with van der Waals surface area (Å²) in [6.07, 6.45) is 3.20. The number of halogens is 1. The van der Waals surface area contributed by atoms with Gasteiger partial charge < -0.3 is 5.73 Å². The van der Waals surface area contributed by atoms with Crippen molar-refractivity contribution in [2.75, 3.05) is 5.73 Å². The average molecular weight is 195 g/mol. The van der Waals surface area contributed by atoms with Crippen molar-refractivity contribution in [3.8, 4) is 11.3 Å². The highest BCUT2D eigenvalue weighted by atomic mass is 35.5. The molecular formula is C8H7ClN4. The second-order valence-corrected chi connectivity index (χ2v) is 2.96. The summed E-state index contributed by atoms with van der Waals surface area (Å²) in [5.41, 5.74) is 7.90. The predicted octanol–water partition coefficient (Wildman–Crippen LogP) is 1.71. The minimum absolute atomic E-state index is 0.460. The maximum atomic E-state index is 5.66. The Balaban J connectivity index is 2.47. The van der Waals surface area contributed by atoms with Crippen molar-refractivity contribution in [2.45, 2.75) is 0 Å². The molecule has 2 aromatic rings. The Kier molecular flexibility index (Phi) is 1.90. The van der Waals surface area contributed by atoms with Crippen LogP contribution in [0.25, 0.3) is 11.3 Å². The molecule has 4 nitrogen and oxygen atoms in total. The molecule has 2 rings (SSSR count). The van der Waals surface area contributed by atoms with Crippen LogP contribution in [0.15, 0.2) is 24.5 Å². The molecule has 2 aromatic heterocycles. The van der Waals surface area contributed by atoms with E-state index >= 15 is 0 Å². The molecule has 0 spiro atoms. The predicted molar refractivity (Wildman–Crippen MR) is 51.2 cm³/mol. The second-order valence-electron chi connectivity index (χ2n) is 2.57. The van der Waals surface area contributed by atoms with Gasteiger partial charge in [-0.3, -0.25) is 5.10 Å². The molecule has 66 valence electrons. The Morgan fingerprint density at radius 3 is 2.69 bits per heavy atom. The van der Waals surface area contributed by atoms with Crippen LogP contribution in [-0.2, 0) is 0 Å². The standard InChI is InChI=1S/C8H7ClN4/c9-7-2-1-5(3-11-7)8-6(10)4-12-13-8/h1-4H,10H2,(H,12,13). The maximum absolute atomic E-state index is 5.66. The summed E-state index contributed by atoms with van der Waals surface area (Å²) in [4.78, 5) is 3.94. The number of nitrogen functional groups attached to an aromatic ring is 1. The molecule has 13 heavy (non-hydrogen) atoms. The number of nitrogens with one attached hydrogen (secondary N) is 1. The molecule has 0 saturated carbocycles. The molecule has 0 atom stereocenters. The Bertz CT molecular complexity index is 406. The molecule has 0 unspecified atom stereocenters. The van der Waals surface area contributed by atoms with Gasteiger partial charge in [0.2, 0.25) is 0 Å². The molecule has 0 bridgehead atoms. The van der Waals surface area contributed by atoms with E-state index in [1.54, 1.807) is 18.5 Å². The van der Waals surface area contributed by atoms with E-state index in [1.807, 2.05) is 6.07 Å². The molecule has 0 aliphatic carbocycles. The molecule has 5 heteroatoms. The number of anilines is 1. The van der Waals surface area contributed by atoms with Crippen molar-refractivity contribution in [3.63, 3.8) is 0 Å². The van der Waals surface area contributed by atoms with Crippen molar-refractivity contribution in [1.82, 2.24) is 15.2 Å². The molecule has 0 radical (unpaired) electrons. The average Bonchev–Trinajstić information content (AvgIpc) is 2.53. The van der Waals surface area contributed by atoms with E-state index in [4.69, 9.17) is 17.3 Å². The Morgan fingerprint density at radius 1 is 1.31 bits per heavy atom. The number of pyridine rings is 1. The number of rotatable bonds is 1. The van der Waals surface area contributed by atoms with Crippen LogP contribution in [0.2, 0.25) is 5.15 Å². The fourth-order valence-corrected chi connectivity index (χ4v) is 1.16. The van der Waals surface area contributed by atoms with E-state index in [1.165, 1.54) is 0 Å². The number of aromatic nitrogens is 3. The zero-order chi connectivity index (χ0) is 9.26. The molecule has 0 aliphatic rings. The highest BCUT2D eigenvalue weighted by molar-refractivity contribution is 6.29. The van der Waals surface area contributed by atoms with Gasteiger partial charge in [0.25, 0.3) is 0 Å². The summed E-state index contributed by atoms with van der Waals surface area (Å²) in [6.45, 7) is 0. The Labute approximate surface area is 79.7 Å². The van der Waals surface area contributed by atoms with Crippen LogP contribution in [-0.4, -0.2) is 15.2 Å². The SMILES string of the molecule is Nc1cn[nH]c1-c1ccc(Cl)nc1. The van der Waals surface area contributed by atoms with E-state index in [-0.39, 0.29) is 0 Å². The van der Waals surface area contributed by atoms with E-state index in [2.05, 4.69) is 15.2 Å². The zero-order valence-corrected chi connectivity index (χ0v) is 7.42. The Hall–Kier alpha value is -1.55. The molecule has 0 aromatic carbocycles. The van der Waals surface area contributed by atoms with Gasteiger partial charge in [0.05, 0.1) is 17.6 Å². The first-order valence-electron chi connectivity index (χ1n) is 3.68. The van der Waals surface area contributed by atoms with Crippen molar-refractivity contribution < 1.29 is 0 Å². The smallest absolute Gasteiger partial charge is 0.129 e. The highest BCUT2D eigenvalue weighted by Crippen LogP contribution is 2.22. The van der Waals surface area contributed by atoms with Crippen LogP contribution in [0.5, 0.6) is 0 Å². The van der Waals surface area contributed by atoms with E-state index in [9.17, 15) is 0 Å².